The van der Waals surface area contributed by atoms with Crippen LogP contribution in [0.15, 0.2) is 12.2 Å². The van der Waals surface area contributed by atoms with E-state index in [1.54, 1.807) is 4.31 Å². The largest absolute Gasteiger partial charge is 0.212 e. The summed E-state index contributed by atoms with van der Waals surface area (Å²) >= 11 is 0. The fraction of sp³-hybridized carbons (Fsp3) is 0.714. The summed E-state index contributed by atoms with van der Waals surface area (Å²) in [6.07, 6.45) is 7.21. The van der Waals surface area contributed by atoms with Gasteiger partial charge in [-0.1, -0.05) is 12.2 Å². The monoisotopic (exact) mass is 173 g/mol. The fourth-order valence-corrected chi connectivity index (χ4v) is 3.18. The predicted molar refractivity (Wildman–Crippen MR) is 42.6 cm³/mol. The molecule has 62 valence electrons. The molecule has 3 atom stereocenters. The second-order valence-electron chi connectivity index (χ2n) is 3.17. The Hall–Kier alpha value is -0.350. The summed E-state index contributed by atoms with van der Waals surface area (Å²) in [5.74, 6) is 0. The molecule has 2 aliphatic rings. The quantitative estimate of drug-likeness (QED) is 0.424. The third kappa shape index (κ3) is 1.10. The summed E-state index contributed by atoms with van der Waals surface area (Å²) in [7, 11) is -2.92. The summed E-state index contributed by atoms with van der Waals surface area (Å²) < 4.78 is 23.7. The number of nitrogens with zero attached hydrogens (tertiary/aromatic N) is 1. The number of fused-ring (bicyclic) bond motifs is 1. The molecular weight excluding hydrogens is 162 g/mol. The van der Waals surface area contributed by atoms with Crippen molar-refractivity contribution in [3.63, 3.8) is 0 Å². The molecule has 2 rings (SSSR count). The molecule has 0 aromatic heterocycles. The standard InChI is InChI=1S/C7H11NO2S/c1-11(9,10)8-6-4-2-3-5-7(6)8/h2-3,6-7H,4-5H2,1H3/t6-,7+,8?. The number of sulfonamides is 1. The Morgan fingerprint density at radius 2 is 1.73 bits per heavy atom. The highest BCUT2D eigenvalue weighted by Crippen LogP contribution is 2.39. The van der Waals surface area contributed by atoms with Crippen molar-refractivity contribution in [3.05, 3.63) is 12.2 Å². The number of hydrogen-bond acceptors (Lipinski definition) is 2. The molecule has 11 heavy (non-hydrogen) atoms. The highest BCUT2D eigenvalue weighted by atomic mass is 32.2. The van der Waals surface area contributed by atoms with Crippen LogP contribution in [-0.2, 0) is 10.0 Å². The van der Waals surface area contributed by atoms with Crippen LogP contribution >= 0.6 is 0 Å². The maximum Gasteiger partial charge on any atom is 0.211 e. The molecule has 0 radical (unpaired) electrons. The molecule has 4 heteroatoms. The van der Waals surface area contributed by atoms with Gasteiger partial charge in [0.05, 0.1) is 6.26 Å². The fourth-order valence-electron chi connectivity index (χ4n) is 1.79. The van der Waals surface area contributed by atoms with Gasteiger partial charge in [-0.3, -0.25) is 0 Å². The molecule has 1 saturated heterocycles. The molecule has 3 nitrogen and oxygen atoms in total. The lowest BCUT2D eigenvalue weighted by Crippen LogP contribution is -2.12. The molecule has 0 aromatic rings. The molecule has 0 spiro atoms. The molecule has 0 N–H and O–H groups in total. The van der Waals surface area contributed by atoms with E-state index < -0.39 is 10.0 Å². The van der Waals surface area contributed by atoms with Crippen LogP contribution in [0.4, 0.5) is 0 Å². The minimum atomic E-state index is -2.92. The van der Waals surface area contributed by atoms with Gasteiger partial charge in [-0.25, -0.2) is 8.42 Å². The van der Waals surface area contributed by atoms with Crippen LogP contribution in [0.1, 0.15) is 12.8 Å². The molecule has 1 fully saturated rings. The Bertz CT molecular complexity index is 280. The van der Waals surface area contributed by atoms with E-state index in [0.717, 1.165) is 12.8 Å². The average molecular weight is 173 g/mol. The van der Waals surface area contributed by atoms with Gasteiger partial charge in [-0.2, -0.15) is 4.31 Å². The van der Waals surface area contributed by atoms with E-state index in [2.05, 4.69) is 12.2 Å². The lowest BCUT2D eigenvalue weighted by molar-refractivity contribution is 0.553. The van der Waals surface area contributed by atoms with Crippen LogP contribution in [0.3, 0.4) is 0 Å². The summed E-state index contributed by atoms with van der Waals surface area (Å²) in [6, 6.07) is 0.574. The van der Waals surface area contributed by atoms with E-state index in [1.165, 1.54) is 6.26 Å². The topological polar surface area (TPSA) is 37.1 Å². The zero-order valence-electron chi connectivity index (χ0n) is 6.40. The van der Waals surface area contributed by atoms with E-state index >= 15 is 0 Å². The van der Waals surface area contributed by atoms with Gasteiger partial charge in [-0.05, 0) is 12.8 Å². The second-order valence-corrected chi connectivity index (χ2v) is 5.06. The molecule has 1 aliphatic carbocycles. The van der Waals surface area contributed by atoms with Crippen LogP contribution in [0.2, 0.25) is 0 Å². The lowest BCUT2D eigenvalue weighted by atomic mass is 10.1. The molecule has 0 saturated carbocycles. The smallest absolute Gasteiger partial charge is 0.211 e. The van der Waals surface area contributed by atoms with Crippen molar-refractivity contribution < 1.29 is 8.42 Å². The minimum Gasteiger partial charge on any atom is -0.212 e. The first-order valence-electron chi connectivity index (χ1n) is 3.74. The summed E-state index contributed by atoms with van der Waals surface area (Å²) in [5.41, 5.74) is 0. The third-order valence-corrected chi connectivity index (χ3v) is 3.62. The second kappa shape index (κ2) is 2.08. The first kappa shape index (κ1) is 7.31. The van der Waals surface area contributed by atoms with E-state index in [1.807, 2.05) is 0 Å². The van der Waals surface area contributed by atoms with E-state index in [4.69, 9.17) is 0 Å². The molecule has 1 heterocycles. The van der Waals surface area contributed by atoms with Gasteiger partial charge in [0, 0.05) is 12.1 Å². The number of hydrogen-bond donors (Lipinski definition) is 0. The van der Waals surface area contributed by atoms with Gasteiger partial charge in [0.25, 0.3) is 0 Å². The lowest BCUT2D eigenvalue weighted by Gasteiger charge is -1.95. The van der Waals surface area contributed by atoms with Crippen molar-refractivity contribution in [2.45, 2.75) is 24.9 Å². The van der Waals surface area contributed by atoms with Crippen molar-refractivity contribution in [1.82, 2.24) is 4.31 Å². The Balaban J connectivity index is 2.16. The third-order valence-electron chi connectivity index (χ3n) is 2.31. The van der Waals surface area contributed by atoms with Gasteiger partial charge in [0.2, 0.25) is 10.0 Å². The van der Waals surface area contributed by atoms with Gasteiger partial charge >= 0.3 is 0 Å². The molecule has 0 aromatic carbocycles. The predicted octanol–water partition coefficient (Wildman–Crippen LogP) is 0.349. The van der Waals surface area contributed by atoms with Gasteiger partial charge in [-0.15, -0.1) is 0 Å². The van der Waals surface area contributed by atoms with Crippen LogP contribution in [-0.4, -0.2) is 31.1 Å². The summed E-state index contributed by atoms with van der Waals surface area (Å²) in [6.45, 7) is 0. The van der Waals surface area contributed by atoms with Crippen LogP contribution in [0, 0.1) is 0 Å². The minimum absolute atomic E-state index is 0.287. The average Bonchev–Trinajstić information content (AvgIpc) is 2.58. The zero-order chi connectivity index (χ0) is 8.06. The first-order valence-corrected chi connectivity index (χ1v) is 5.59. The van der Waals surface area contributed by atoms with Crippen LogP contribution < -0.4 is 0 Å². The molecule has 1 aliphatic heterocycles. The van der Waals surface area contributed by atoms with Gasteiger partial charge in [0.1, 0.15) is 0 Å². The van der Waals surface area contributed by atoms with Crippen molar-refractivity contribution in [2.24, 2.45) is 0 Å². The Morgan fingerprint density at radius 1 is 1.27 bits per heavy atom. The van der Waals surface area contributed by atoms with Crippen molar-refractivity contribution >= 4 is 10.0 Å². The Kier molecular flexibility index (Phi) is 1.38. The Morgan fingerprint density at radius 3 is 2.09 bits per heavy atom. The van der Waals surface area contributed by atoms with Gasteiger partial charge < -0.3 is 0 Å². The number of rotatable bonds is 1. The van der Waals surface area contributed by atoms with E-state index in [-0.39, 0.29) is 12.1 Å². The van der Waals surface area contributed by atoms with Crippen LogP contribution in [0.5, 0.6) is 0 Å². The van der Waals surface area contributed by atoms with Crippen molar-refractivity contribution in [1.29, 1.82) is 0 Å². The summed E-state index contributed by atoms with van der Waals surface area (Å²) in [4.78, 5) is 0. The summed E-state index contributed by atoms with van der Waals surface area (Å²) in [5, 5.41) is 0. The Labute approximate surface area is 66.7 Å². The molecule has 0 bridgehead atoms. The highest BCUT2D eigenvalue weighted by Gasteiger charge is 2.52. The SMILES string of the molecule is CS(=O)(=O)N1[C@@H]2CC=CC[C@@H]21. The maximum absolute atomic E-state index is 11.1. The maximum atomic E-state index is 11.1. The van der Waals surface area contributed by atoms with Crippen molar-refractivity contribution in [2.75, 3.05) is 6.26 Å². The van der Waals surface area contributed by atoms with Crippen molar-refractivity contribution in [3.8, 4) is 0 Å². The van der Waals surface area contributed by atoms with E-state index in [0.29, 0.717) is 0 Å². The molecule has 1 unspecified atom stereocenters. The molecular formula is C7H11NO2S. The highest BCUT2D eigenvalue weighted by molar-refractivity contribution is 7.88. The first-order chi connectivity index (χ1) is 5.11. The normalized spacial score (nSPS) is 41.7. The molecule has 0 amide bonds. The van der Waals surface area contributed by atoms with Gasteiger partial charge in [0.15, 0.2) is 0 Å². The van der Waals surface area contributed by atoms with Crippen LogP contribution in [0.25, 0.3) is 0 Å². The zero-order valence-corrected chi connectivity index (χ0v) is 7.21. The van der Waals surface area contributed by atoms with E-state index in [9.17, 15) is 8.42 Å².